The lowest BCUT2D eigenvalue weighted by Gasteiger charge is -2.19. The van der Waals surface area contributed by atoms with Gasteiger partial charge in [-0.3, -0.25) is 0 Å². The van der Waals surface area contributed by atoms with E-state index in [0.717, 1.165) is 48.5 Å². The van der Waals surface area contributed by atoms with Crippen molar-refractivity contribution in [3.63, 3.8) is 0 Å². The fourth-order valence-electron chi connectivity index (χ4n) is 2.60. The SMILES string of the molecule is OC(Cc1ccc(F)c(F)c1)c1ccc2c(c1)CCCO2. The number of halogens is 2. The average Bonchev–Trinajstić information content (AvgIpc) is 2.50. The summed E-state index contributed by atoms with van der Waals surface area (Å²) >= 11 is 0. The number of aliphatic hydroxyl groups is 1. The molecule has 0 bridgehead atoms. The van der Waals surface area contributed by atoms with Gasteiger partial charge in [-0.05, 0) is 53.8 Å². The van der Waals surface area contributed by atoms with Gasteiger partial charge in [-0.1, -0.05) is 12.1 Å². The monoisotopic (exact) mass is 290 g/mol. The Labute approximate surface area is 122 Å². The first-order valence-corrected chi connectivity index (χ1v) is 7.01. The minimum Gasteiger partial charge on any atom is -0.493 e. The molecule has 0 saturated heterocycles. The van der Waals surface area contributed by atoms with E-state index >= 15 is 0 Å². The largest absolute Gasteiger partial charge is 0.493 e. The van der Waals surface area contributed by atoms with Gasteiger partial charge in [-0.2, -0.15) is 0 Å². The predicted molar refractivity (Wildman–Crippen MR) is 75.3 cm³/mol. The van der Waals surface area contributed by atoms with Crippen LogP contribution in [0.15, 0.2) is 36.4 Å². The number of aryl methyl sites for hydroxylation is 1. The zero-order valence-corrected chi connectivity index (χ0v) is 11.5. The summed E-state index contributed by atoms with van der Waals surface area (Å²) in [5.41, 5.74) is 2.42. The van der Waals surface area contributed by atoms with Gasteiger partial charge in [0.1, 0.15) is 5.75 Å². The lowest BCUT2D eigenvalue weighted by atomic mass is 9.97. The van der Waals surface area contributed by atoms with Crippen molar-refractivity contribution in [1.29, 1.82) is 0 Å². The Bertz CT molecular complexity index is 655. The molecule has 0 aliphatic carbocycles. The number of benzene rings is 2. The molecule has 0 aromatic heterocycles. The normalized spacial score (nSPS) is 15.2. The molecule has 0 amide bonds. The molecule has 2 nitrogen and oxygen atoms in total. The summed E-state index contributed by atoms with van der Waals surface area (Å²) in [5.74, 6) is -0.900. The van der Waals surface area contributed by atoms with Gasteiger partial charge in [0.15, 0.2) is 11.6 Å². The standard InChI is InChI=1S/C17H16F2O2/c18-14-5-3-11(8-15(14)19)9-16(20)12-4-6-17-13(10-12)2-1-7-21-17/h3-6,8,10,16,20H,1-2,7,9H2. The van der Waals surface area contributed by atoms with E-state index in [1.807, 2.05) is 18.2 Å². The Balaban J connectivity index is 1.78. The molecule has 1 aliphatic heterocycles. The lowest BCUT2D eigenvalue weighted by Crippen LogP contribution is -2.10. The van der Waals surface area contributed by atoms with Crippen molar-refractivity contribution in [2.45, 2.75) is 25.4 Å². The van der Waals surface area contributed by atoms with Crippen LogP contribution in [0, 0.1) is 11.6 Å². The second kappa shape index (κ2) is 5.82. The molecule has 0 radical (unpaired) electrons. The van der Waals surface area contributed by atoms with Crippen molar-refractivity contribution in [3.8, 4) is 5.75 Å². The zero-order valence-electron chi connectivity index (χ0n) is 11.5. The summed E-state index contributed by atoms with van der Waals surface area (Å²) < 4.78 is 31.6. The number of rotatable bonds is 3. The predicted octanol–water partition coefficient (Wildman–Crippen LogP) is 3.57. The Kier molecular flexibility index (Phi) is 3.88. The summed E-state index contributed by atoms with van der Waals surface area (Å²) in [6.45, 7) is 0.726. The Hall–Kier alpha value is -1.94. The number of hydrogen-bond acceptors (Lipinski definition) is 2. The highest BCUT2D eigenvalue weighted by Crippen LogP contribution is 2.29. The molecule has 4 heteroatoms. The summed E-state index contributed by atoms with van der Waals surface area (Å²) in [6, 6.07) is 9.30. The average molecular weight is 290 g/mol. The zero-order chi connectivity index (χ0) is 14.8. The number of ether oxygens (including phenoxy) is 1. The maximum Gasteiger partial charge on any atom is 0.159 e. The summed E-state index contributed by atoms with van der Waals surface area (Å²) in [7, 11) is 0. The van der Waals surface area contributed by atoms with E-state index in [0.29, 0.717) is 5.56 Å². The molecule has 1 aliphatic rings. The Morgan fingerprint density at radius 3 is 2.76 bits per heavy atom. The molecule has 0 saturated carbocycles. The van der Waals surface area contributed by atoms with Gasteiger partial charge in [0.2, 0.25) is 0 Å². The molecule has 110 valence electrons. The molecule has 2 aromatic carbocycles. The number of hydrogen-bond donors (Lipinski definition) is 1. The number of fused-ring (bicyclic) bond motifs is 1. The maximum atomic E-state index is 13.2. The van der Waals surface area contributed by atoms with Crippen LogP contribution in [0.4, 0.5) is 8.78 Å². The van der Waals surface area contributed by atoms with E-state index in [4.69, 9.17) is 4.74 Å². The molecule has 0 fully saturated rings. The summed E-state index contributed by atoms with van der Waals surface area (Å²) in [6.07, 6.45) is 1.40. The molecule has 1 unspecified atom stereocenters. The molecule has 1 atom stereocenters. The lowest BCUT2D eigenvalue weighted by molar-refractivity contribution is 0.178. The highest BCUT2D eigenvalue weighted by atomic mass is 19.2. The van der Waals surface area contributed by atoms with Crippen LogP contribution in [0.3, 0.4) is 0 Å². The van der Waals surface area contributed by atoms with Gasteiger partial charge >= 0.3 is 0 Å². The van der Waals surface area contributed by atoms with Crippen LogP contribution in [0.2, 0.25) is 0 Å². The summed E-state index contributed by atoms with van der Waals surface area (Å²) in [5, 5.41) is 10.3. The van der Waals surface area contributed by atoms with Gasteiger partial charge in [-0.15, -0.1) is 0 Å². The third-order valence-corrected chi connectivity index (χ3v) is 3.73. The van der Waals surface area contributed by atoms with Crippen molar-refractivity contribution in [2.75, 3.05) is 6.61 Å². The molecule has 0 spiro atoms. The second-order valence-electron chi connectivity index (χ2n) is 5.29. The van der Waals surface area contributed by atoms with E-state index in [1.165, 1.54) is 6.07 Å². The molecule has 2 aromatic rings. The van der Waals surface area contributed by atoms with Gasteiger partial charge < -0.3 is 9.84 Å². The van der Waals surface area contributed by atoms with Gasteiger partial charge in [-0.25, -0.2) is 8.78 Å². The van der Waals surface area contributed by atoms with Crippen LogP contribution in [-0.4, -0.2) is 11.7 Å². The minimum absolute atomic E-state index is 0.247. The van der Waals surface area contributed by atoms with Crippen LogP contribution in [0.5, 0.6) is 5.75 Å². The van der Waals surface area contributed by atoms with Crippen LogP contribution in [-0.2, 0) is 12.8 Å². The first-order valence-electron chi connectivity index (χ1n) is 7.01. The molecule has 1 N–H and O–H groups in total. The van der Waals surface area contributed by atoms with Gasteiger partial charge in [0.05, 0.1) is 12.7 Å². The topological polar surface area (TPSA) is 29.5 Å². The highest BCUT2D eigenvalue weighted by molar-refractivity contribution is 5.39. The molecular weight excluding hydrogens is 274 g/mol. The fraction of sp³-hybridized carbons (Fsp3) is 0.294. The van der Waals surface area contributed by atoms with Gasteiger partial charge in [0, 0.05) is 6.42 Å². The fourth-order valence-corrected chi connectivity index (χ4v) is 2.60. The third-order valence-electron chi connectivity index (χ3n) is 3.73. The van der Waals surface area contributed by atoms with Crippen molar-refractivity contribution >= 4 is 0 Å². The summed E-state index contributed by atoms with van der Waals surface area (Å²) in [4.78, 5) is 0. The van der Waals surface area contributed by atoms with Crippen molar-refractivity contribution in [1.82, 2.24) is 0 Å². The molecule has 21 heavy (non-hydrogen) atoms. The van der Waals surface area contributed by atoms with E-state index < -0.39 is 17.7 Å². The molecule has 3 rings (SSSR count). The Morgan fingerprint density at radius 1 is 1.10 bits per heavy atom. The first kappa shape index (κ1) is 14.0. The van der Waals surface area contributed by atoms with Crippen molar-refractivity contribution in [3.05, 3.63) is 64.7 Å². The second-order valence-corrected chi connectivity index (χ2v) is 5.29. The smallest absolute Gasteiger partial charge is 0.159 e. The van der Waals surface area contributed by atoms with Gasteiger partial charge in [0.25, 0.3) is 0 Å². The molecular formula is C17H16F2O2. The van der Waals surface area contributed by atoms with Crippen molar-refractivity contribution < 1.29 is 18.6 Å². The first-order chi connectivity index (χ1) is 10.1. The highest BCUT2D eigenvalue weighted by Gasteiger charge is 2.15. The maximum absolute atomic E-state index is 13.2. The van der Waals surface area contributed by atoms with Crippen LogP contribution >= 0.6 is 0 Å². The van der Waals surface area contributed by atoms with E-state index in [9.17, 15) is 13.9 Å². The third kappa shape index (κ3) is 3.05. The Morgan fingerprint density at radius 2 is 1.95 bits per heavy atom. The number of aliphatic hydroxyl groups excluding tert-OH is 1. The molecule has 1 heterocycles. The quantitative estimate of drug-likeness (QED) is 0.936. The van der Waals surface area contributed by atoms with Crippen LogP contribution in [0.1, 0.15) is 29.2 Å². The van der Waals surface area contributed by atoms with Crippen molar-refractivity contribution in [2.24, 2.45) is 0 Å². The minimum atomic E-state index is -0.890. The van der Waals surface area contributed by atoms with E-state index in [1.54, 1.807) is 0 Å². The van der Waals surface area contributed by atoms with Crippen LogP contribution in [0.25, 0.3) is 0 Å². The van der Waals surface area contributed by atoms with E-state index in [2.05, 4.69) is 0 Å². The van der Waals surface area contributed by atoms with Crippen LogP contribution < -0.4 is 4.74 Å². The van der Waals surface area contributed by atoms with E-state index in [-0.39, 0.29) is 6.42 Å².